The van der Waals surface area contributed by atoms with Gasteiger partial charge in [-0.1, -0.05) is 0 Å². The first-order valence-electron chi connectivity index (χ1n) is 10.4. The van der Waals surface area contributed by atoms with Gasteiger partial charge in [0.25, 0.3) is 0 Å². The number of hydrogen-bond donors (Lipinski definition) is 0. The summed E-state index contributed by atoms with van der Waals surface area (Å²) in [5.74, 6) is -47.0. The molecule has 0 aliphatic carbocycles. The van der Waals surface area contributed by atoms with E-state index in [2.05, 4.69) is 4.74 Å². The molecule has 0 saturated carbocycles. The highest BCUT2D eigenvalue weighted by atomic mass is 19.4. The summed E-state index contributed by atoms with van der Waals surface area (Å²) in [4.78, 5) is 10.9. The third kappa shape index (κ3) is 7.97. The topological polar surface area (TPSA) is 63.2 Å². The van der Waals surface area contributed by atoms with E-state index in [1.54, 1.807) is 0 Å². The van der Waals surface area contributed by atoms with Crippen LogP contribution in [-0.4, -0.2) is 97.7 Å². The molecule has 35 heteroatoms. The third-order valence-corrected chi connectivity index (χ3v) is 4.83. The van der Waals surface area contributed by atoms with E-state index in [9.17, 15) is 132 Å². The number of carbonyl (C=O) groups excluding carboxylic acids is 1. The highest BCUT2D eigenvalue weighted by Crippen LogP contribution is 2.61. The molecule has 0 aliphatic heterocycles. The Hall–Kier alpha value is -2.72. The van der Waals surface area contributed by atoms with Gasteiger partial charge < -0.3 is 4.74 Å². The summed E-state index contributed by atoms with van der Waals surface area (Å²) < 4.78 is 392. The van der Waals surface area contributed by atoms with Crippen LogP contribution in [0.25, 0.3) is 0 Å². The maximum atomic E-state index is 14.4. The highest BCUT2D eigenvalue weighted by Gasteiger charge is 2.90. The Bertz CT molecular complexity index is 1250. The van der Waals surface area contributed by atoms with Crippen molar-refractivity contribution < 1.29 is 156 Å². The van der Waals surface area contributed by atoms with Gasteiger partial charge in [-0.25, -0.2) is 4.79 Å². The van der Waals surface area contributed by atoms with E-state index in [4.69, 9.17) is 0 Å². The van der Waals surface area contributed by atoms with Gasteiger partial charge in [0, 0.05) is 0 Å². The molecule has 0 spiro atoms. The summed E-state index contributed by atoms with van der Waals surface area (Å²) in [5.41, 5.74) is 0. The average Bonchev–Trinajstić information content (AvgIpc) is 2.83. The van der Waals surface area contributed by atoms with Crippen LogP contribution >= 0.6 is 0 Å². The molecular weight excluding hydrogens is 839 g/mol. The number of hydrogen-bond acceptors (Lipinski definition) is 6. The first-order valence-corrected chi connectivity index (χ1v) is 10.4. The van der Waals surface area contributed by atoms with E-state index in [0.29, 0.717) is 0 Å². The fraction of sp³-hybridized carbons (Fsp3) is 0.938. The number of esters is 1. The monoisotopic (exact) mass is 842 g/mol. The standard InChI is InChI=1S/C16H3F29O6/c1-47-2(46)3(17,8(23,24)25)48-14(40,41)5(20,10(29,30)31)50-16(44,45)7(22,12(35,36)37)51-15(42,43)6(21,11(32,33)34)49-13(38,39)4(18,19)9(26,27)28/h1H3/t3-,5+,6-,7-/m1/s1. The molecule has 6 nitrogen and oxygen atoms in total. The minimum Gasteiger partial charge on any atom is -0.465 e. The Morgan fingerprint density at radius 2 is 0.569 bits per heavy atom. The van der Waals surface area contributed by atoms with E-state index in [1.807, 2.05) is 0 Å². The van der Waals surface area contributed by atoms with Crippen LogP contribution in [0.2, 0.25) is 0 Å². The molecule has 51 heavy (non-hydrogen) atoms. The molecule has 0 saturated heterocycles. The third-order valence-electron chi connectivity index (χ3n) is 4.83. The van der Waals surface area contributed by atoms with Gasteiger partial charge in [0.15, 0.2) is 0 Å². The summed E-state index contributed by atoms with van der Waals surface area (Å²) in [6.45, 7) is 0. The second kappa shape index (κ2) is 12.7. The van der Waals surface area contributed by atoms with Crippen molar-refractivity contribution in [3.05, 3.63) is 0 Å². The van der Waals surface area contributed by atoms with Crippen LogP contribution in [0.3, 0.4) is 0 Å². The molecule has 0 rings (SSSR count). The number of ether oxygens (including phenoxy) is 5. The van der Waals surface area contributed by atoms with E-state index in [1.165, 1.54) is 4.74 Å². The summed E-state index contributed by atoms with van der Waals surface area (Å²) in [6.07, 6.45) is -77.4. The van der Waals surface area contributed by atoms with Gasteiger partial charge in [0.2, 0.25) is 0 Å². The first-order chi connectivity index (χ1) is 21.6. The summed E-state index contributed by atoms with van der Waals surface area (Å²) in [7, 11) is -0.505. The molecule has 4 atom stereocenters. The van der Waals surface area contributed by atoms with Crippen LogP contribution in [0.1, 0.15) is 0 Å². The molecule has 0 unspecified atom stereocenters. The lowest BCUT2D eigenvalue weighted by Gasteiger charge is -2.43. The summed E-state index contributed by atoms with van der Waals surface area (Å²) >= 11 is 0. The van der Waals surface area contributed by atoms with Crippen LogP contribution in [0, 0.1) is 0 Å². The molecular formula is C16H3F29O6. The molecule has 0 bridgehead atoms. The fourth-order valence-electron chi connectivity index (χ4n) is 2.33. The summed E-state index contributed by atoms with van der Waals surface area (Å²) in [5, 5.41) is 0. The molecule has 306 valence electrons. The fourth-order valence-corrected chi connectivity index (χ4v) is 2.33. The van der Waals surface area contributed by atoms with E-state index >= 15 is 0 Å². The zero-order chi connectivity index (χ0) is 42.1. The minimum atomic E-state index is -9.24. The lowest BCUT2D eigenvalue weighted by molar-refractivity contribution is -0.592. The predicted molar refractivity (Wildman–Crippen MR) is 86.7 cm³/mol. The number of methoxy groups -OCH3 is 1. The molecule has 0 aromatic heterocycles. The number of carbonyl (C=O) groups is 1. The second-order valence-electron chi connectivity index (χ2n) is 8.41. The maximum absolute atomic E-state index is 14.4. The van der Waals surface area contributed by atoms with E-state index in [0.717, 1.165) is 14.2 Å². The largest absolute Gasteiger partial charge is 0.465 e. The van der Waals surface area contributed by atoms with Crippen molar-refractivity contribution in [3.63, 3.8) is 0 Å². The first kappa shape index (κ1) is 48.3. The van der Waals surface area contributed by atoms with Gasteiger partial charge >= 0.3 is 90.6 Å². The Morgan fingerprint density at radius 1 is 0.333 bits per heavy atom. The van der Waals surface area contributed by atoms with Crippen LogP contribution in [0.5, 0.6) is 0 Å². The van der Waals surface area contributed by atoms with Crippen LogP contribution in [0.15, 0.2) is 0 Å². The van der Waals surface area contributed by atoms with Crippen molar-refractivity contribution in [1.82, 2.24) is 0 Å². The molecule has 0 heterocycles. The SMILES string of the molecule is COC(=O)[C@@](F)(OC(F)(F)[C@@](F)(OC(F)(F)[C@](F)(OC(F)(F)[C@](F)(OC(F)(F)C(F)(F)C(F)(F)F)C(F)(F)F)C(F)(F)F)C(F)(F)F)C(F)(F)F. The molecule has 0 amide bonds. The van der Waals surface area contributed by atoms with Gasteiger partial charge in [-0.05, 0) is 0 Å². The normalized spacial score (nSPS) is 20.2. The van der Waals surface area contributed by atoms with Crippen LogP contribution in [0.4, 0.5) is 127 Å². The molecule has 0 fully saturated rings. The van der Waals surface area contributed by atoms with Crippen molar-refractivity contribution in [2.24, 2.45) is 0 Å². The molecule has 0 N–H and O–H groups in total. The van der Waals surface area contributed by atoms with Crippen molar-refractivity contribution in [2.45, 2.75) is 84.7 Å². The van der Waals surface area contributed by atoms with Crippen molar-refractivity contribution in [3.8, 4) is 0 Å². The number of halogens is 29. The smallest absolute Gasteiger partial charge is 0.462 e. The van der Waals surface area contributed by atoms with Crippen molar-refractivity contribution >= 4 is 5.97 Å². The lowest BCUT2D eigenvalue weighted by atomic mass is 10.2. The van der Waals surface area contributed by atoms with Gasteiger partial charge in [0.1, 0.15) is 0 Å². The summed E-state index contributed by atoms with van der Waals surface area (Å²) in [6, 6.07) is 0. The van der Waals surface area contributed by atoms with E-state index in [-0.39, 0.29) is 0 Å². The molecule has 0 aromatic rings. The number of alkyl halides is 29. The minimum absolute atomic E-state index is 0.505. The number of rotatable bonds is 13. The van der Waals surface area contributed by atoms with Gasteiger partial charge in [-0.15, -0.1) is 0 Å². The van der Waals surface area contributed by atoms with Crippen LogP contribution in [-0.2, 0) is 28.5 Å². The van der Waals surface area contributed by atoms with Crippen molar-refractivity contribution in [1.29, 1.82) is 0 Å². The Morgan fingerprint density at radius 3 is 0.765 bits per heavy atom. The lowest BCUT2D eigenvalue weighted by Crippen LogP contribution is -2.72. The van der Waals surface area contributed by atoms with Crippen molar-refractivity contribution in [2.75, 3.05) is 7.11 Å². The zero-order valence-corrected chi connectivity index (χ0v) is 21.9. The predicted octanol–water partition coefficient (Wildman–Crippen LogP) is 8.71. The molecule has 0 radical (unpaired) electrons. The van der Waals surface area contributed by atoms with Crippen LogP contribution < -0.4 is 0 Å². The van der Waals surface area contributed by atoms with Gasteiger partial charge in [-0.2, -0.15) is 127 Å². The average molecular weight is 842 g/mol. The zero-order valence-electron chi connectivity index (χ0n) is 21.9. The highest BCUT2D eigenvalue weighted by molar-refractivity contribution is 5.78. The molecule has 0 aliphatic rings. The Balaban J connectivity index is 7.72. The van der Waals surface area contributed by atoms with E-state index < -0.39 is 97.7 Å². The Kier molecular flexibility index (Phi) is 12.0. The second-order valence-corrected chi connectivity index (χ2v) is 8.41. The quantitative estimate of drug-likeness (QED) is 0.137. The van der Waals surface area contributed by atoms with Gasteiger partial charge in [0.05, 0.1) is 7.11 Å². The Labute approximate surface area is 255 Å². The van der Waals surface area contributed by atoms with Gasteiger partial charge in [-0.3, -0.25) is 18.9 Å². The maximum Gasteiger partial charge on any atom is 0.462 e. The molecule has 0 aromatic carbocycles.